The van der Waals surface area contributed by atoms with Gasteiger partial charge >= 0.3 is 0 Å². The van der Waals surface area contributed by atoms with Crippen molar-refractivity contribution in [3.05, 3.63) is 23.7 Å². The van der Waals surface area contributed by atoms with Gasteiger partial charge in [0.15, 0.2) is 5.17 Å². The van der Waals surface area contributed by atoms with Crippen molar-refractivity contribution in [2.75, 3.05) is 11.9 Å². The molecule has 1 atom stereocenters. The van der Waals surface area contributed by atoms with Gasteiger partial charge in [0.25, 0.3) is 0 Å². The number of anilines is 1. The van der Waals surface area contributed by atoms with Crippen LogP contribution in [0.3, 0.4) is 0 Å². The maximum atomic E-state index is 4.44. The monoisotopic (exact) mass is 249 g/mol. The summed E-state index contributed by atoms with van der Waals surface area (Å²) in [5, 5.41) is 4.96. The van der Waals surface area contributed by atoms with Crippen molar-refractivity contribution in [3.8, 4) is 0 Å². The molecular formula is C11H11N3S2. The second kappa shape index (κ2) is 4.07. The van der Waals surface area contributed by atoms with Crippen LogP contribution in [0.15, 0.2) is 28.7 Å². The Balaban J connectivity index is 1.84. The van der Waals surface area contributed by atoms with Crippen LogP contribution in [-0.4, -0.2) is 21.9 Å². The molecule has 0 saturated heterocycles. The van der Waals surface area contributed by atoms with E-state index in [1.807, 2.05) is 17.6 Å². The van der Waals surface area contributed by atoms with E-state index < -0.39 is 0 Å². The third-order valence-electron chi connectivity index (χ3n) is 2.39. The molecule has 0 bridgehead atoms. The minimum absolute atomic E-state index is 0.592. The highest BCUT2D eigenvalue weighted by Gasteiger charge is 2.14. The van der Waals surface area contributed by atoms with Crippen molar-refractivity contribution in [1.29, 1.82) is 0 Å². The lowest BCUT2D eigenvalue weighted by atomic mass is 10.3. The van der Waals surface area contributed by atoms with Crippen LogP contribution in [-0.2, 0) is 0 Å². The molecule has 1 aromatic heterocycles. The molecule has 0 saturated carbocycles. The average molecular weight is 249 g/mol. The first kappa shape index (κ1) is 10.1. The maximum Gasteiger partial charge on any atom is 0.161 e. The van der Waals surface area contributed by atoms with Gasteiger partial charge in [-0.3, -0.25) is 4.99 Å². The first-order valence-corrected chi connectivity index (χ1v) is 6.88. The van der Waals surface area contributed by atoms with Crippen LogP contribution in [0.25, 0.3) is 10.2 Å². The van der Waals surface area contributed by atoms with Crippen molar-refractivity contribution < 1.29 is 0 Å². The molecule has 16 heavy (non-hydrogen) atoms. The third kappa shape index (κ3) is 1.92. The number of aliphatic imine (C=N–C) groups is 1. The molecule has 0 aliphatic carbocycles. The Kier molecular flexibility index (Phi) is 2.57. The molecular weight excluding hydrogens is 238 g/mol. The minimum atomic E-state index is 0.592. The van der Waals surface area contributed by atoms with Gasteiger partial charge in [-0.1, -0.05) is 18.7 Å². The highest BCUT2D eigenvalue weighted by Crippen LogP contribution is 2.25. The van der Waals surface area contributed by atoms with E-state index in [1.165, 1.54) is 4.70 Å². The molecule has 2 heterocycles. The van der Waals surface area contributed by atoms with E-state index >= 15 is 0 Å². The first-order valence-electron chi connectivity index (χ1n) is 5.12. The smallest absolute Gasteiger partial charge is 0.161 e. The predicted octanol–water partition coefficient (Wildman–Crippen LogP) is 3.20. The number of fused-ring (bicyclic) bond motifs is 1. The highest BCUT2D eigenvalue weighted by atomic mass is 32.2. The summed E-state index contributed by atoms with van der Waals surface area (Å²) in [6.45, 7) is 3.10. The van der Waals surface area contributed by atoms with Gasteiger partial charge < -0.3 is 5.32 Å². The lowest BCUT2D eigenvalue weighted by Gasteiger charge is -2.05. The van der Waals surface area contributed by atoms with Gasteiger partial charge in [0.05, 0.1) is 22.3 Å². The highest BCUT2D eigenvalue weighted by molar-refractivity contribution is 8.15. The normalized spacial score (nSPS) is 20.1. The zero-order valence-corrected chi connectivity index (χ0v) is 10.4. The molecule has 0 radical (unpaired) electrons. The van der Waals surface area contributed by atoms with Gasteiger partial charge in [0.2, 0.25) is 0 Å². The molecule has 1 aromatic carbocycles. The number of nitrogens with one attached hydrogen (secondary N) is 1. The van der Waals surface area contributed by atoms with Crippen molar-refractivity contribution in [2.24, 2.45) is 4.99 Å². The van der Waals surface area contributed by atoms with E-state index in [2.05, 4.69) is 28.3 Å². The first-order chi connectivity index (χ1) is 7.81. The zero-order chi connectivity index (χ0) is 11.0. The second-order valence-electron chi connectivity index (χ2n) is 3.73. The van der Waals surface area contributed by atoms with E-state index in [4.69, 9.17) is 0 Å². The van der Waals surface area contributed by atoms with Gasteiger partial charge in [-0.2, -0.15) is 0 Å². The summed E-state index contributed by atoms with van der Waals surface area (Å²) < 4.78 is 1.21. The lowest BCUT2D eigenvalue weighted by molar-refractivity contribution is 0.976. The van der Waals surface area contributed by atoms with Gasteiger partial charge in [-0.25, -0.2) is 4.98 Å². The summed E-state index contributed by atoms with van der Waals surface area (Å²) in [5.41, 5.74) is 4.03. The van der Waals surface area contributed by atoms with E-state index in [0.717, 1.165) is 22.9 Å². The molecule has 5 heteroatoms. The summed E-state index contributed by atoms with van der Waals surface area (Å²) >= 11 is 3.46. The van der Waals surface area contributed by atoms with Crippen molar-refractivity contribution in [2.45, 2.75) is 12.2 Å². The summed E-state index contributed by atoms with van der Waals surface area (Å²) in [4.78, 5) is 8.69. The number of rotatable bonds is 1. The van der Waals surface area contributed by atoms with Crippen LogP contribution in [0.1, 0.15) is 6.92 Å². The Hall–Kier alpha value is -1.07. The second-order valence-corrected chi connectivity index (χ2v) is 6.05. The summed E-state index contributed by atoms with van der Waals surface area (Å²) in [6.07, 6.45) is 0. The Morgan fingerprint density at radius 3 is 3.19 bits per heavy atom. The molecule has 0 fully saturated rings. The lowest BCUT2D eigenvalue weighted by Crippen LogP contribution is -2.05. The molecule has 0 spiro atoms. The maximum absolute atomic E-state index is 4.44. The van der Waals surface area contributed by atoms with Gasteiger partial charge in [-0.15, -0.1) is 11.3 Å². The van der Waals surface area contributed by atoms with Crippen LogP contribution in [0.5, 0.6) is 0 Å². The number of amidine groups is 1. The van der Waals surface area contributed by atoms with Crippen LogP contribution in [0.2, 0.25) is 0 Å². The minimum Gasteiger partial charge on any atom is -0.335 e. The topological polar surface area (TPSA) is 37.3 Å². The summed E-state index contributed by atoms with van der Waals surface area (Å²) in [5.74, 6) is 0. The fourth-order valence-corrected chi connectivity index (χ4v) is 3.17. The molecule has 82 valence electrons. The Bertz CT molecular complexity index is 547. The molecule has 1 N–H and O–H groups in total. The van der Waals surface area contributed by atoms with Crippen LogP contribution in [0.4, 0.5) is 5.69 Å². The molecule has 3 nitrogen and oxygen atoms in total. The van der Waals surface area contributed by atoms with Crippen molar-refractivity contribution in [1.82, 2.24) is 4.98 Å². The van der Waals surface area contributed by atoms with Crippen molar-refractivity contribution >= 4 is 44.2 Å². The largest absolute Gasteiger partial charge is 0.335 e. The summed E-state index contributed by atoms with van der Waals surface area (Å²) in [6, 6.07) is 6.21. The number of benzene rings is 1. The van der Waals surface area contributed by atoms with Gasteiger partial charge in [0.1, 0.15) is 0 Å². The number of nitrogens with zero attached hydrogens (tertiary/aromatic N) is 2. The Morgan fingerprint density at radius 1 is 1.44 bits per heavy atom. The Morgan fingerprint density at radius 2 is 2.38 bits per heavy atom. The van der Waals surface area contributed by atoms with E-state index in [0.29, 0.717) is 5.25 Å². The average Bonchev–Trinajstić information content (AvgIpc) is 2.87. The fourth-order valence-electron chi connectivity index (χ4n) is 1.60. The van der Waals surface area contributed by atoms with Gasteiger partial charge in [-0.05, 0) is 18.2 Å². The van der Waals surface area contributed by atoms with Crippen LogP contribution in [0, 0.1) is 0 Å². The molecule has 1 unspecified atom stereocenters. The summed E-state index contributed by atoms with van der Waals surface area (Å²) in [7, 11) is 0. The SMILES string of the molecule is CC1CN=C(Nc2ccc3ncsc3c2)S1. The third-order valence-corrected chi connectivity index (χ3v) is 4.18. The predicted molar refractivity (Wildman–Crippen MR) is 72.6 cm³/mol. The number of thioether (sulfide) groups is 1. The Labute approximate surface area is 102 Å². The number of thiazole rings is 1. The molecule has 0 amide bonds. The van der Waals surface area contributed by atoms with E-state index in [1.54, 1.807) is 23.1 Å². The number of hydrogen-bond donors (Lipinski definition) is 1. The number of aromatic nitrogens is 1. The quantitative estimate of drug-likeness (QED) is 0.843. The zero-order valence-electron chi connectivity index (χ0n) is 8.80. The molecule has 2 aromatic rings. The molecule has 1 aliphatic rings. The van der Waals surface area contributed by atoms with Crippen LogP contribution >= 0.6 is 23.1 Å². The van der Waals surface area contributed by atoms with E-state index in [9.17, 15) is 0 Å². The van der Waals surface area contributed by atoms with Crippen LogP contribution < -0.4 is 5.32 Å². The molecule has 3 rings (SSSR count). The number of hydrogen-bond acceptors (Lipinski definition) is 5. The van der Waals surface area contributed by atoms with Gasteiger partial charge in [0, 0.05) is 10.9 Å². The molecule has 1 aliphatic heterocycles. The van der Waals surface area contributed by atoms with E-state index in [-0.39, 0.29) is 0 Å². The fraction of sp³-hybridized carbons (Fsp3) is 0.273. The van der Waals surface area contributed by atoms with Crippen molar-refractivity contribution in [3.63, 3.8) is 0 Å². The standard InChI is InChI=1S/C11H11N3S2/c1-7-5-12-11(16-7)14-8-2-3-9-10(4-8)15-6-13-9/h2-4,6-7H,5H2,1H3,(H,12,14).